The summed E-state index contributed by atoms with van der Waals surface area (Å²) in [5.41, 5.74) is -2.45. The second-order valence-corrected chi connectivity index (χ2v) is 8.04. The molecule has 7 nitrogen and oxygen atoms in total. The molecule has 0 radical (unpaired) electrons. The maximum Gasteiger partial charge on any atom is 0.274 e. The number of aromatic nitrogens is 1. The third-order valence-corrected chi connectivity index (χ3v) is 6.08. The van der Waals surface area contributed by atoms with E-state index in [1.165, 1.54) is 9.47 Å². The van der Waals surface area contributed by atoms with Crippen LogP contribution in [0.2, 0.25) is 0 Å². The molecular formula is C20H17ClF3N3O4. The Bertz CT molecular complexity index is 1130. The van der Waals surface area contributed by atoms with E-state index in [-0.39, 0.29) is 12.2 Å². The molecule has 4 rings (SSSR count). The number of benzene rings is 1. The van der Waals surface area contributed by atoms with Crippen LogP contribution in [0.3, 0.4) is 0 Å². The Morgan fingerprint density at radius 1 is 1.23 bits per heavy atom. The van der Waals surface area contributed by atoms with Crippen molar-refractivity contribution in [3.63, 3.8) is 0 Å². The van der Waals surface area contributed by atoms with Crippen molar-refractivity contribution < 1.29 is 27.9 Å². The van der Waals surface area contributed by atoms with Gasteiger partial charge in [-0.25, -0.2) is 13.2 Å². The number of amides is 2. The number of nitrogens with zero attached hydrogens (tertiary/aromatic N) is 2. The lowest BCUT2D eigenvalue weighted by Gasteiger charge is -2.35. The molecule has 1 saturated heterocycles. The van der Waals surface area contributed by atoms with Gasteiger partial charge in [-0.15, -0.1) is 11.6 Å². The number of halogens is 4. The molecule has 164 valence electrons. The highest BCUT2D eigenvalue weighted by molar-refractivity contribution is 6.21. The number of pyridine rings is 1. The van der Waals surface area contributed by atoms with Crippen molar-refractivity contribution >= 4 is 23.4 Å². The van der Waals surface area contributed by atoms with Crippen molar-refractivity contribution in [3.05, 3.63) is 62.8 Å². The Labute approximate surface area is 179 Å². The molecule has 31 heavy (non-hydrogen) atoms. The van der Waals surface area contributed by atoms with Crippen LogP contribution >= 0.6 is 11.6 Å². The zero-order chi connectivity index (χ0) is 22.4. The maximum atomic E-state index is 13.8. The molecule has 1 fully saturated rings. The van der Waals surface area contributed by atoms with Gasteiger partial charge in [-0.1, -0.05) is 0 Å². The fraction of sp³-hybridized carbons (Fsp3) is 0.350. The van der Waals surface area contributed by atoms with Crippen LogP contribution < -0.4 is 10.7 Å². The highest BCUT2D eigenvalue weighted by Gasteiger charge is 2.39. The third-order valence-electron chi connectivity index (χ3n) is 5.57. The monoisotopic (exact) mass is 455 g/mol. The fourth-order valence-electron chi connectivity index (χ4n) is 3.96. The van der Waals surface area contributed by atoms with Gasteiger partial charge in [0, 0.05) is 43.5 Å². The van der Waals surface area contributed by atoms with Gasteiger partial charge in [0.1, 0.15) is 23.0 Å². The number of hydrogen-bond donors (Lipinski definition) is 2. The second kappa shape index (κ2) is 7.92. The summed E-state index contributed by atoms with van der Waals surface area (Å²) in [5, 5.41) is 12.2. The molecule has 2 amide bonds. The molecule has 0 aliphatic carbocycles. The van der Waals surface area contributed by atoms with E-state index in [1.807, 2.05) is 0 Å². The van der Waals surface area contributed by atoms with Gasteiger partial charge in [-0.3, -0.25) is 14.4 Å². The Morgan fingerprint density at radius 3 is 2.58 bits per heavy atom. The Balaban J connectivity index is 1.69. The second-order valence-electron chi connectivity index (χ2n) is 7.48. The normalized spacial score (nSPS) is 20.3. The SMILES string of the molecule is O=C(NCc1c(F)cc(F)cc1F)c1cn2c(c(O)c1=O)C(=O)N1CCCC(Cl)C2C1. The molecule has 2 unspecified atom stereocenters. The summed E-state index contributed by atoms with van der Waals surface area (Å²) < 4.78 is 42.0. The fourth-order valence-corrected chi connectivity index (χ4v) is 4.31. The first-order chi connectivity index (χ1) is 14.7. The van der Waals surface area contributed by atoms with Crippen LogP contribution in [0.15, 0.2) is 23.1 Å². The topological polar surface area (TPSA) is 91.6 Å². The lowest BCUT2D eigenvalue weighted by molar-refractivity contribution is 0.0678. The molecule has 3 heterocycles. The van der Waals surface area contributed by atoms with Gasteiger partial charge < -0.3 is 19.9 Å². The maximum absolute atomic E-state index is 13.8. The summed E-state index contributed by atoms with van der Waals surface area (Å²) in [7, 11) is 0. The highest BCUT2D eigenvalue weighted by Crippen LogP contribution is 2.34. The van der Waals surface area contributed by atoms with Crippen molar-refractivity contribution in [1.29, 1.82) is 0 Å². The molecule has 2 atom stereocenters. The lowest BCUT2D eigenvalue weighted by Crippen LogP contribution is -2.46. The summed E-state index contributed by atoms with van der Waals surface area (Å²) in [6.07, 6.45) is 2.37. The zero-order valence-corrected chi connectivity index (χ0v) is 16.8. The lowest BCUT2D eigenvalue weighted by atomic mass is 10.0. The molecule has 2 bridgehead atoms. The van der Waals surface area contributed by atoms with Gasteiger partial charge in [0.25, 0.3) is 11.8 Å². The minimum Gasteiger partial charge on any atom is -0.503 e. The summed E-state index contributed by atoms with van der Waals surface area (Å²) in [4.78, 5) is 39.4. The minimum atomic E-state index is -1.20. The van der Waals surface area contributed by atoms with Gasteiger partial charge in [0.2, 0.25) is 5.43 Å². The van der Waals surface area contributed by atoms with Crippen LogP contribution in [0.25, 0.3) is 0 Å². The van der Waals surface area contributed by atoms with Gasteiger partial charge in [-0.2, -0.15) is 0 Å². The Morgan fingerprint density at radius 2 is 1.90 bits per heavy atom. The van der Waals surface area contributed by atoms with E-state index in [1.54, 1.807) is 0 Å². The van der Waals surface area contributed by atoms with E-state index in [9.17, 15) is 32.7 Å². The van der Waals surface area contributed by atoms with E-state index in [0.717, 1.165) is 6.20 Å². The van der Waals surface area contributed by atoms with E-state index in [0.29, 0.717) is 31.5 Å². The quantitative estimate of drug-likeness (QED) is 0.695. The summed E-state index contributed by atoms with van der Waals surface area (Å²) >= 11 is 6.44. The Hall–Kier alpha value is -3.01. The minimum absolute atomic E-state index is 0.249. The van der Waals surface area contributed by atoms with Gasteiger partial charge in [0.05, 0.1) is 11.4 Å². The van der Waals surface area contributed by atoms with Gasteiger partial charge in [-0.05, 0) is 12.8 Å². The number of carbonyl (C=O) groups excluding carboxylic acids is 2. The van der Waals surface area contributed by atoms with Crippen molar-refractivity contribution in [1.82, 2.24) is 14.8 Å². The van der Waals surface area contributed by atoms with E-state index >= 15 is 0 Å². The smallest absolute Gasteiger partial charge is 0.274 e. The largest absolute Gasteiger partial charge is 0.503 e. The van der Waals surface area contributed by atoms with Gasteiger partial charge in [0.15, 0.2) is 11.4 Å². The van der Waals surface area contributed by atoms with Crippen LogP contribution in [-0.4, -0.2) is 44.9 Å². The molecule has 2 aliphatic heterocycles. The number of rotatable bonds is 3. The zero-order valence-electron chi connectivity index (χ0n) is 16.0. The van der Waals surface area contributed by atoms with Crippen molar-refractivity contribution in [2.45, 2.75) is 30.8 Å². The number of hydrogen-bond acceptors (Lipinski definition) is 4. The summed E-state index contributed by atoms with van der Waals surface area (Å²) in [6.45, 7) is 0.0333. The molecule has 2 N–H and O–H groups in total. The van der Waals surface area contributed by atoms with E-state index in [2.05, 4.69) is 5.32 Å². The van der Waals surface area contributed by atoms with Crippen LogP contribution in [0.1, 0.15) is 45.3 Å². The number of alkyl halides is 1. The average Bonchev–Trinajstić information content (AvgIpc) is 2.87. The van der Waals surface area contributed by atoms with E-state index in [4.69, 9.17) is 11.6 Å². The predicted molar refractivity (Wildman–Crippen MR) is 104 cm³/mol. The Kier molecular flexibility index (Phi) is 5.42. The summed E-state index contributed by atoms with van der Waals surface area (Å²) in [6, 6.07) is 0.462. The van der Waals surface area contributed by atoms with Crippen molar-refractivity contribution in [3.8, 4) is 5.75 Å². The number of carbonyl (C=O) groups is 2. The predicted octanol–water partition coefficient (Wildman–Crippen LogP) is 2.30. The number of aromatic hydroxyl groups is 1. The van der Waals surface area contributed by atoms with Crippen LogP contribution in [-0.2, 0) is 6.54 Å². The first-order valence-corrected chi connectivity index (χ1v) is 9.95. The molecule has 1 aromatic carbocycles. The third kappa shape index (κ3) is 3.65. The van der Waals surface area contributed by atoms with E-state index < -0.39 is 69.5 Å². The average molecular weight is 456 g/mol. The van der Waals surface area contributed by atoms with Crippen molar-refractivity contribution in [2.75, 3.05) is 13.1 Å². The number of fused-ring (bicyclic) bond motifs is 4. The molecule has 11 heteroatoms. The molecular weight excluding hydrogens is 439 g/mol. The molecule has 2 aromatic rings. The van der Waals surface area contributed by atoms with Crippen LogP contribution in [0.4, 0.5) is 13.2 Å². The van der Waals surface area contributed by atoms with Crippen molar-refractivity contribution in [2.24, 2.45) is 0 Å². The first-order valence-electron chi connectivity index (χ1n) is 9.52. The van der Waals surface area contributed by atoms with Gasteiger partial charge >= 0.3 is 0 Å². The number of nitrogens with one attached hydrogen (secondary N) is 1. The first kappa shape index (κ1) is 21.2. The standard InChI is InChI=1S/C20H17ClF3N3O4/c21-12-2-1-3-26-8-15(12)27-7-11(17(28)18(29)16(27)20(26)31)19(30)25-6-10-13(23)4-9(22)5-14(10)24/h4-5,7,12,15,29H,1-3,6,8H2,(H,25,30). The van der Waals surface area contributed by atoms with Crippen LogP contribution in [0, 0.1) is 17.5 Å². The molecule has 1 aromatic heterocycles. The molecule has 0 spiro atoms. The summed E-state index contributed by atoms with van der Waals surface area (Å²) in [5.74, 6) is -5.96. The van der Waals surface area contributed by atoms with Crippen LogP contribution in [0.5, 0.6) is 5.75 Å². The molecule has 0 saturated carbocycles. The molecule has 2 aliphatic rings. The highest BCUT2D eigenvalue weighted by atomic mass is 35.5.